The zero-order valence-electron chi connectivity index (χ0n) is 18.4. The number of piperazine rings is 1. The zero-order valence-corrected chi connectivity index (χ0v) is 19.2. The maximum Gasteiger partial charge on any atom is 0.256 e. The monoisotopic (exact) mass is 487 g/mol. The summed E-state index contributed by atoms with van der Waals surface area (Å²) < 4.78 is 14.3. The number of nitrogens with zero attached hydrogens (tertiary/aromatic N) is 6. The summed E-state index contributed by atoms with van der Waals surface area (Å²) in [5.74, 6) is 0.123. The molecule has 0 bridgehead atoms. The van der Waals surface area contributed by atoms with Gasteiger partial charge in [0.2, 0.25) is 0 Å². The number of carbonyl (C=O) groups excluding carboxylic acids is 1. The summed E-state index contributed by atoms with van der Waals surface area (Å²) >= 11 is 5.82. The molecule has 0 spiro atoms. The van der Waals surface area contributed by atoms with E-state index >= 15 is 0 Å². The van der Waals surface area contributed by atoms with Crippen molar-refractivity contribution in [2.45, 2.75) is 0 Å². The summed E-state index contributed by atoms with van der Waals surface area (Å²) in [6, 6.07) is 15.0. The van der Waals surface area contributed by atoms with Gasteiger partial charge >= 0.3 is 0 Å². The molecule has 1 fully saturated rings. The zero-order chi connectivity index (χ0) is 24.4. The van der Waals surface area contributed by atoms with E-state index < -0.39 is 5.82 Å². The predicted octanol–water partition coefficient (Wildman–Crippen LogP) is 4.39. The number of hydrogen-bond acceptors (Lipinski definition) is 7. The molecule has 0 saturated carbocycles. The summed E-state index contributed by atoms with van der Waals surface area (Å²) in [6.07, 6.45) is 3.37. The SMILES string of the molecule is N#Cc1ccc2nc(Nc3cccnc3)c(N3CCN(C(=O)c4ccc(Cl)cc4F)CC3)nc2c1. The fraction of sp³-hybridized carbons (Fsp3) is 0.160. The minimum Gasteiger partial charge on any atom is -0.350 e. The molecule has 1 aliphatic heterocycles. The summed E-state index contributed by atoms with van der Waals surface area (Å²) in [4.78, 5) is 30.2. The van der Waals surface area contributed by atoms with Gasteiger partial charge in [-0.15, -0.1) is 0 Å². The van der Waals surface area contributed by atoms with Gasteiger partial charge in [-0.05, 0) is 48.5 Å². The highest BCUT2D eigenvalue weighted by atomic mass is 35.5. The van der Waals surface area contributed by atoms with Gasteiger partial charge in [0.1, 0.15) is 5.82 Å². The van der Waals surface area contributed by atoms with Crippen LogP contribution in [0.2, 0.25) is 5.02 Å². The average molecular weight is 488 g/mol. The first kappa shape index (κ1) is 22.5. The van der Waals surface area contributed by atoms with Crippen LogP contribution in [0.25, 0.3) is 11.0 Å². The molecule has 8 nitrogen and oxygen atoms in total. The van der Waals surface area contributed by atoms with E-state index in [-0.39, 0.29) is 16.5 Å². The number of aromatic nitrogens is 3. The number of hydrogen-bond donors (Lipinski definition) is 1. The van der Waals surface area contributed by atoms with Crippen LogP contribution >= 0.6 is 11.6 Å². The Morgan fingerprint density at radius 1 is 1.06 bits per heavy atom. The number of halogens is 2. The van der Waals surface area contributed by atoms with Crippen LogP contribution in [-0.2, 0) is 0 Å². The molecule has 1 aliphatic rings. The van der Waals surface area contributed by atoms with Crippen LogP contribution < -0.4 is 10.2 Å². The Kier molecular flexibility index (Phi) is 6.12. The van der Waals surface area contributed by atoms with Crippen LogP contribution in [0.1, 0.15) is 15.9 Å². The lowest BCUT2D eigenvalue weighted by molar-refractivity contribution is 0.0742. The fourth-order valence-electron chi connectivity index (χ4n) is 3.95. The van der Waals surface area contributed by atoms with Gasteiger partial charge in [0.15, 0.2) is 11.6 Å². The summed E-state index contributed by atoms with van der Waals surface area (Å²) in [5.41, 5.74) is 2.48. The van der Waals surface area contributed by atoms with Crippen LogP contribution in [0.3, 0.4) is 0 Å². The maximum absolute atomic E-state index is 14.3. The Balaban J connectivity index is 1.43. The van der Waals surface area contributed by atoms with E-state index in [0.29, 0.717) is 54.4 Å². The van der Waals surface area contributed by atoms with Gasteiger partial charge in [-0.3, -0.25) is 9.78 Å². The number of benzene rings is 2. The van der Waals surface area contributed by atoms with Gasteiger partial charge in [-0.1, -0.05) is 11.6 Å². The van der Waals surface area contributed by atoms with Crippen molar-refractivity contribution in [3.05, 3.63) is 82.9 Å². The molecular weight excluding hydrogens is 469 g/mol. The third kappa shape index (κ3) is 4.69. The van der Waals surface area contributed by atoms with E-state index in [0.717, 1.165) is 11.8 Å². The molecule has 0 unspecified atom stereocenters. The van der Waals surface area contributed by atoms with Crippen LogP contribution in [0.4, 0.5) is 21.7 Å². The molecule has 1 saturated heterocycles. The van der Waals surface area contributed by atoms with Gasteiger partial charge in [-0.2, -0.15) is 5.26 Å². The Morgan fingerprint density at radius 2 is 1.89 bits per heavy atom. The summed E-state index contributed by atoms with van der Waals surface area (Å²) in [6.45, 7) is 1.71. The molecule has 4 aromatic rings. The molecule has 2 aromatic heterocycles. The van der Waals surface area contributed by atoms with E-state index in [1.54, 1.807) is 35.5 Å². The molecule has 2 aromatic carbocycles. The molecule has 0 radical (unpaired) electrons. The topological polar surface area (TPSA) is 98.0 Å². The lowest BCUT2D eigenvalue weighted by Gasteiger charge is -2.36. The standard InChI is InChI=1S/C25H19ClFN7O/c26-17-4-5-19(20(27)13-17)25(35)34-10-8-33(9-11-34)24-23(30-18-2-1-7-29-15-18)31-21-6-3-16(14-28)12-22(21)32-24/h1-7,12-13,15H,8-11H2,(H,30,31). The quantitative estimate of drug-likeness (QED) is 0.455. The lowest BCUT2D eigenvalue weighted by atomic mass is 10.1. The van der Waals surface area contributed by atoms with Gasteiger partial charge in [0.25, 0.3) is 5.91 Å². The van der Waals surface area contributed by atoms with Crippen LogP contribution in [0.15, 0.2) is 60.9 Å². The van der Waals surface area contributed by atoms with E-state index in [1.165, 1.54) is 12.1 Å². The van der Waals surface area contributed by atoms with Gasteiger partial charge < -0.3 is 15.1 Å². The van der Waals surface area contributed by atoms with Crippen molar-refractivity contribution in [1.82, 2.24) is 19.9 Å². The Morgan fingerprint density at radius 3 is 2.60 bits per heavy atom. The molecular formula is C25H19ClFN7O. The van der Waals surface area contributed by atoms with Crippen LogP contribution in [0, 0.1) is 17.1 Å². The molecule has 35 heavy (non-hydrogen) atoms. The van der Waals surface area contributed by atoms with Gasteiger partial charge in [0, 0.05) is 37.4 Å². The average Bonchev–Trinajstić information content (AvgIpc) is 2.88. The molecule has 174 valence electrons. The van der Waals surface area contributed by atoms with E-state index in [1.807, 2.05) is 17.0 Å². The second kappa shape index (κ2) is 9.52. The first-order chi connectivity index (χ1) is 17.0. The second-order valence-electron chi connectivity index (χ2n) is 7.98. The largest absolute Gasteiger partial charge is 0.350 e. The Hall–Kier alpha value is -4.29. The first-order valence-corrected chi connectivity index (χ1v) is 11.3. The van der Waals surface area contributed by atoms with Crippen molar-refractivity contribution in [1.29, 1.82) is 5.26 Å². The minimum absolute atomic E-state index is 0.00341. The number of amides is 1. The number of rotatable bonds is 4. The number of fused-ring (bicyclic) bond motifs is 1. The van der Waals surface area contributed by atoms with Gasteiger partial charge in [0.05, 0.1) is 40.1 Å². The highest BCUT2D eigenvalue weighted by molar-refractivity contribution is 6.30. The van der Waals surface area contributed by atoms with Crippen LogP contribution in [0.5, 0.6) is 0 Å². The number of pyridine rings is 1. The molecule has 1 N–H and O–H groups in total. The minimum atomic E-state index is -0.637. The third-order valence-corrected chi connectivity index (χ3v) is 5.96. The normalized spacial score (nSPS) is 13.5. The van der Waals surface area contributed by atoms with Crippen molar-refractivity contribution in [3.63, 3.8) is 0 Å². The van der Waals surface area contributed by atoms with E-state index in [9.17, 15) is 14.4 Å². The van der Waals surface area contributed by atoms with Crippen LogP contribution in [-0.4, -0.2) is 51.9 Å². The predicted molar refractivity (Wildman–Crippen MR) is 131 cm³/mol. The first-order valence-electron chi connectivity index (χ1n) is 10.9. The number of anilines is 3. The Bertz CT molecular complexity index is 1450. The third-order valence-electron chi connectivity index (χ3n) is 5.73. The summed E-state index contributed by atoms with van der Waals surface area (Å²) in [7, 11) is 0. The van der Waals surface area contributed by atoms with Crippen molar-refractivity contribution in [2.24, 2.45) is 0 Å². The molecule has 10 heteroatoms. The van der Waals surface area contributed by atoms with Crippen molar-refractivity contribution < 1.29 is 9.18 Å². The smallest absolute Gasteiger partial charge is 0.256 e. The number of nitriles is 1. The highest BCUT2D eigenvalue weighted by Crippen LogP contribution is 2.29. The van der Waals surface area contributed by atoms with E-state index in [4.69, 9.17) is 21.6 Å². The fourth-order valence-corrected chi connectivity index (χ4v) is 4.11. The lowest BCUT2D eigenvalue weighted by Crippen LogP contribution is -2.49. The summed E-state index contributed by atoms with van der Waals surface area (Å²) in [5, 5.41) is 12.8. The molecule has 0 atom stereocenters. The molecule has 0 aliphatic carbocycles. The Labute approximate surface area is 205 Å². The molecule has 5 rings (SSSR count). The van der Waals surface area contributed by atoms with E-state index in [2.05, 4.69) is 16.4 Å². The molecule has 1 amide bonds. The highest BCUT2D eigenvalue weighted by Gasteiger charge is 2.27. The van der Waals surface area contributed by atoms with Crippen molar-refractivity contribution in [3.8, 4) is 6.07 Å². The second-order valence-corrected chi connectivity index (χ2v) is 8.42. The van der Waals surface area contributed by atoms with Crippen molar-refractivity contribution >= 4 is 45.9 Å². The number of nitrogens with one attached hydrogen (secondary N) is 1. The van der Waals surface area contributed by atoms with Crippen molar-refractivity contribution in [2.75, 3.05) is 36.4 Å². The van der Waals surface area contributed by atoms with Gasteiger partial charge in [-0.25, -0.2) is 14.4 Å². The maximum atomic E-state index is 14.3. The molecule has 3 heterocycles. The number of carbonyl (C=O) groups is 1.